The second-order valence-electron chi connectivity index (χ2n) is 6.45. The number of hydrogen-bond acceptors (Lipinski definition) is 4. The van der Waals surface area contributed by atoms with E-state index in [9.17, 15) is 53.9 Å². The number of alkyl halides is 9. The lowest BCUT2D eigenvalue weighted by atomic mass is 10.3. The zero-order valence-electron chi connectivity index (χ0n) is 16.9. The third-order valence-corrected chi connectivity index (χ3v) is 3.81. The van der Waals surface area contributed by atoms with Gasteiger partial charge in [0.15, 0.2) is 0 Å². The van der Waals surface area contributed by atoms with Gasteiger partial charge in [-0.3, -0.25) is 19.4 Å². The summed E-state index contributed by atoms with van der Waals surface area (Å²) in [6.07, 6.45) is -15.6. The normalized spacial score (nSPS) is 12.6. The fraction of sp³-hybridized carbons (Fsp3) is 0.812. The molecular formula is C16H23F9N4O3. The molecule has 0 unspecified atom stereocenters. The molecule has 16 heteroatoms. The summed E-state index contributed by atoms with van der Waals surface area (Å²) in [6.45, 7) is -0.714. The zero-order valence-corrected chi connectivity index (χ0v) is 16.9. The Morgan fingerprint density at radius 1 is 0.656 bits per heavy atom. The van der Waals surface area contributed by atoms with Crippen LogP contribution >= 0.6 is 0 Å². The minimum absolute atomic E-state index is 0.111. The van der Waals surface area contributed by atoms with Crippen LogP contribution in [0.15, 0.2) is 0 Å². The third-order valence-electron chi connectivity index (χ3n) is 3.81. The average molecular weight is 490 g/mol. The number of halogens is 9. The fourth-order valence-corrected chi connectivity index (χ4v) is 2.31. The molecule has 32 heavy (non-hydrogen) atoms. The van der Waals surface area contributed by atoms with Crippen molar-refractivity contribution in [1.82, 2.24) is 20.7 Å². The van der Waals surface area contributed by atoms with Crippen LogP contribution in [0.4, 0.5) is 39.5 Å². The molecular weight excluding hydrogens is 467 g/mol. The molecule has 2 N–H and O–H groups in total. The second-order valence-corrected chi connectivity index (χ2v) is 6.45. The molecule has 0 aliphatic rings. The summed E-state index contributed by atoms with van der Waals surface area (Å²) < 4.78 is 112. The van der Waals surface area contributed by atoms with E-state index < -0.39 is 62.3 Å². The van der Waals surface area contributed by atoms with Gasteiger partial charge in [0.2, 0.25) is 0 Å². The number of carbonyl (C=O) groups is 3. The number of carbonyl (C=O) groups excluding carboxylic acids is 3. The van der Waals surface area contributed by atoms with E-state index >= 15 is 0 Å². The Balaban J connectivity index is 5.14. The van der Waals surface area contributed by atoms with Crippen molar-refractivity contribution in [3.05, 3.63) is 0 Å². The van der Waals surface area contributed by atoms with Crippen LogP contribution < -0.4 is 10.6 Å². The Labute approximate surface area is 177 Å². The summed E-state index contributed by atoms with van der Waals surface area (Å²) in [5, 5.41) is 4.15. The minimum Gasteiger partial charge on any atom is -0.348 e. The first-order valence-corrected chi connectivity index (χ1v) is 9.35. The molecule has 0 fully saturated rings. The van der Waals surface area contributed by atoms with Crippen LogP contribution in [0, 0.1) is 0 Å². The van der Waals surface area contributed by atoms with Gasteiger partial charge in [-0.1, -0.05) is 13.3 Å². The standard InChI is InChI=1S/C16H23F9N4O3/c1-2-3-8-28(9-4-6-26-11(30)14(17,18)19)29(13(32)16(23,24)25)10-5-7-27-12(31)15(20,21)22/h2-10H2,1H3,(H,26,30)(H,27,31). The van der Waals surface area contributed by atoms with Gasteiger partial charge in [0.25, 0.3) is 0 Å². The fourth-order valence-electron chi connectivity index (χ4n) is 2.31. The SMILES string of the molecule is CCCCN(CCCNC(=O)C(F)(F)F)N(CCCNC(=O)C(F)(F)F)C(=O)C(F)(F)F. The van der Waals surface area contributed by atoms with E-state index in [4.69, 9.17) is 0 Å². The Bertz CT molecular complexity index is 621. The highest BCUT2D eigenvalue weighted by Crippen LogP contribution is 2.21. The van der Waals surface area contributed by atoms with Gasteiger partial charge >= 0.3 is 36.3 Å². The smallest absolute Gasteiger partial charge is 0.348 e. The molecule has 0 heterocycles. The minimum atomic E-state index is -5.33. The summed E-state index contributed by atoms with van der Waals surface area (Å²) in [5.74, 6) is -6.86. The largest absolute Gasteiger partial charge is 0.472 e. The predicted octanol–water partition coefficient (Wildman–Crippen LogP) is 2.53. The molecule has 188 valence electrons. The zero-order chi connectivity index (χ0) is 25.2. The molecule has 0 spiro atoms. The quantitative estimate of drug-likeness (QED) is 0.250. The molecule has 7 nitrogen and oxygen atoms in total. The van der Waals surface area contributed by atoms with Crippen molar-refractivity contribution < 1.29 is 53.9 Å². The highest BCUT2D eigenvalue weighted by Gasteiger charge is 2.44. The number of rotatable bonds is 12. The first-order chi connectivity index (χ1) is 14.5. The predicted molar refractivity (Wildman–Crippen MR) is 91.6 cm³/mol. The summed E-state index contributed by atoms with van der Waals surface area (Å²) in [5.41, 5.74) is 0. The van der Waals surface area contributed by atoms with Gasteiger partial charge < -0.3 is 10.6 Å². The van der Waals surface area contributed by atoms with Gasteiger partial charge in [0, 0.05) is 32.7 Å². The molecule has 3 amide bonds. The molecule has 0 saturated heterocycles. The number of amides is 3. The average Bonchev–Trinajstić information content (AvgIpc) is 2.64. The van der Waals surface area contributed by atoms with E-state index in [2.05, 4.69) is 0 Å². The Morgan fingerprint density at radius 2 is 1.06 bits per heavy atom. The van der Waals surface area contributed by atoms with E-state index in [0.29, 0.717) is 12.8 Å². The Hall–Kier alpha value is -2.26. The summed E-state index contributed by atoms with van der Waals surface area (Å²) >= 11 is 0. The highest BCUT2D eigenvalue weighted by atomic mass is 19.4. The molecule has 0 bridgehead atoms. The lowest BCUT2D eigenvalue weighted by Crippen LogP contribution is -2.53. The van der Waals surface area contributed by atoms with Gasteiger partial charge in [-0.05, 0) is 19.3 Å². The molecule has 0 saturated carbocycles. The van der Waals surface area contributed by atoms with Crippen LogP contribution in [0.2, 0.25) is 0 Å². The number of hydrazine groups is 1. The van der Waals surface area contributed by atoms with Gasteiger partial charge in [-0.15, -0.1) is 0 Å². The van der Waals surface area contributed by atoms with Crippen molar-refractivity contribution in [2.45, 2.75) is 51.1 Å². The van der Waals surface area contributed by atoms with Crippen LogP contribution in [-0.4, -0.2) is 79.0 Å². The van der Waals surface area contributed by atoms with Crippen LogP contribution in [0.5, 0.6) is 0 Å². The first kappa shape index (κ1) is 29.7. The lowest BCUT2D eigenvalue weighted by molar-refractivity contribution is -0.202. The number of hydrogen-bond donors (Lipinski definition) is 2. The van der Waals surface area contributed by atoms with Gasteiger partial charge in [-0.2, -0.15) is 39.5 Å². The van der Waals surface area contributed by atoms with Crippen molar-refractivity contribution in [2.75, 3.05) is 32.7 Å². The van der Waals surface area contributed by atoms with Crippen LogP contribution in [-0.2, 0) is 14.4 Å². The van der Waals surface area contributed by atoms with E-state index in [-0.39, 0.29) is 24.5 Å². The molecule has 0 aromatic carbocycles. The summed E-state index contributed by atoms with van der Waals surface area (Å²) in [4.78, 5) is 33.3. The van der Waals surface area contributed by atoms with Crippen molar-refractivity contribution in [2.24, 2.45) is 0 Å². The van der Waals surface area contributed by atoms with Crippen LogP contribution in [0.1, 0.15) is 32.6 Å². The number of nitrogens with zero attached hydrogens (tertiary/aromatic N) is 2. The van der Waals surface area contributed by atoms with Gasteiger partial charge in [0.1, 0.15) is 0 Å². The van der Waals surface area contributed by atoms with Crippen molar-refractivity contribution in [3.8, 4) is 0 Å². The van der Waals surface area contributed by atoms with Crippen molar-refractivity contribution in [3.63, 3.8) is 0 Å². The molecule has 0 aliphatic carbocycles. The first-order valence-electron chi connectivity index (χ1n) is 9.35. The summed E-state index contributed by atoms with van der Waals surface area (Å²) in [7, 11) is 0. The Kier molecular flexibility index (Phi) is 11.8. The molecule has 0 aliphatic heterocycles. The topological polar surface area (TPSA) is 81.8 Å². The maximum Gasteiger partial charge on any atom is 0.472 e. The number of nitrogens with one attached hydrogen (secondary N) is 2. The Morgan fingerprint density at radius 3 is 1.44 bits per heavy atom. The molecule has 0 rings (SSSR count). The van der Waals surface area contributed by atoms with Gasteiger partial charge in [0.05, 0.1) is 0 Å². The van der Waals surface area contributed by atoms with E-state index in [1.54, 1.807) is 12.2 Å². The second kappa shape index (κ2) is 12.7. The van der Waals surface area contributed by atoms with Crippen LogP contribution in [0.25, 0.3) is 0 Å². The van der Waals surface area contributed by atoms with Gasteiger partial charge in [-0.25, -0.2) is 5.01 Å². The van der Waals surface area contributed by atoms with Crippen molar-refractivity contribution >= 4 is 17.7 Å². The van der Waals surface area contributed by atoms with E-state index in [1.165, 1.54) is 5.32 Å². The number of unbranched alkanes of at least 4 members (excludes halogenated alkanes) is 1. The van der Waals surface area contributed by atoms with Crippen molar-refractivity contribution in [1.29, 1.82) is 0 Å². The third kappa shape index (κ3) is 11.4. The highest BCUT2D eigenvalue weighted by molar-refractivity contribution is 5.82. The lowest BCUT2D eigenvalue weighted by Gasteiger charge is -2.35. The van der Waals surface area contributed by atoms with Crippen LogP contribution in [0.3, 0.4) is 0 Å². The molecule has 0 radical (unpaired) electrons. The summed E-state index contributed by atoms with van der Waals surface area (Å²) in [6, 6.07) is 0. The van der Waals surface area contributed by atoms with E-state index in [1.807, 2.05) is 0 Å². The molecule has 0 aromatic rings. The maximum absolute atomic E-state index is 13.0. The molecule has 0 atom stereocenters. The molecule has 0 aromatic heterocycles. The monoisotopic (exact) mass is 490 g/mol. The maximum atomic E-state index is 13.0. The van der Waals surface area contributed by atoms with E-state index in [0.717, 1.165) is 5.01 Å².